The molecule has 0 saturated heterocycles. The van der Waals surface area contributed by atoms with Crippen molar-refractivity contribution in [3.05, 3.63) is 22.4 Å². The molecule has 0 amide bonds. The summed E-state index contributed by atoms with van der Waals surface area (Å²) in [7, 11) is 1.30. The topological polar surface area (TPSA) is 61.5 Å². The van der Waals surface area contributed by atoms with Crippen molar-refractivity contribution >= 4 is 27.6 Å². The van der Waals surface area contributed by atoms with Crippen LogP contribution in [0.15, 0.2) is 16.6 Å². The number of carbonyl (C=O) groups excluding carboxylic acids is 1. The van der Waals surface area contributed by atoms with Gasteiger partial charge in [0, 0.05) is 6.07 Å². The number of anilines is 1. The number of hydrogen-bond acceptors (Lipinski definition) is 4. The van der Waals surface area contributed by atoms with Gasteiger partial charge in [-0.05, 0) is 22.0 Å². The van der Waals surface area contributed by atoms with Gasteiger partial charge in [0.15, 0.2) is 5.75 Å². The number of nitrogen functional groups attached to an aromatic ring is 1. The molecule has 1 aromatic rings. The minimum absolute atomic E-state index is 0.111. The molecular weight excluding hydrogens is 281 g/mol. The van der Waals surface area contributed by atoms with Gasteiger partial charge < -0.3 is 15.2 Å². The molecule has 0 aliphatic heterocycles. The second-order valence-electron chi connectivity index (χ2n) is 2.98. The normalized spacial score (nSPS) is 9.94. The van der Waals surface area contributed by atoms with E-state index in [2.05, 4.69) is 20.7 Å². The maximum atomic E-state index is 12.9. The Kier molecular flexibility index (Phi) is 4.54. The number of ether oxygens (including phenoxy) is 2. The summed E-state index contributed by atoms with van der Waals surface area (Å²) in [6.07, 6.45) is 0.111. The average Bonchev–Trinajstić information content (AvgIpc) is 2.21. The fourth-order valence-electron chi connectivity index (χ4n) is 1.07. The molecule has 0 aliphatic rings. The molecule has 0 aliphatic carbocycles. The Morgan fingerprint density at radius 1 is 1.56 bits per heavy atom. The Morgan fingerprint density at radius 2 is 2.25 bits per heavy atom. The van der Waals surface area contributed by atoms with E-state index < -0.39 is 5.82 Å². The Hall–Kier alpha value is -1.30. The van der Waals surface area contributed by atoms with Crippen molar-refractivity contribution in [2.24, 2.45) is 0 Å². The lowest BCUT2D eigenvalue weighted by Crippen LogP contribution is -2.08. The molecule has 0 spiro atoms. The molecule has 16 heavy (non-hydrogen) atoms. The number of rotatable bonds is 4. The van der Waals surface area contributed by atoms with Crippen LogP contribution in [0.5, 0.6) is 5.75 Å². The maximum absolute atomic E-state index is 12.9. The molecule has 1 rings (SSSR count). The van der Waals surface area contributed by atoms with Gasteiger partial charge in [0.2, 0.25) is 0 Å². The number of benzene rings is 1. The first kappa shape index (κ1) is 12.8. The fourth-order valence-corrected chi connectivity index (χ4v) is 1.63. The molecule has 0 unspecified atom stereocenters. The van der Waals surface area contributed by atoms with E-state index in [-0.39, 0.29) is 24.7 Å². The van der Waals surface area contributed by atoms with Crippen LogP contribution in [0.3, 0.4) is 0 Å². The van der Waals surface area contributed by atoms with Crippen molar-refractivity contribution in [1.82, 2.24) is 0 Å². The summed E-state index contributed by atoms with van der Waals surface area (Å²) < 4.78 is 23.0. The van der Waals surface area contributed by atoms with Crippen LogP contribution in [0.25, 0.3) is 0 Å². The van der Waals surface area contributed by atoms with Gasteiger partial charge in [-0.2, -0.15) is 0 Å². The summed E-state index contributed by atoms with van der Waals surface area (Å²) in [6, 6.07) is 2.39. The molecule has 0 saturated carbocycles. The number of halogens is 2. The van der Waals surface area contributed by atoms with Crippen LogP contribution >= 0.6 is 15.9 Å². The quantitative estimate of drug-likeness (QED) is 0.682. The number of nitrogens with two attached hydrogens (primary N) is 1. The summed E-state index contributed by atoms with van der Waals surface area (Å²) >= 11 is 3.12. The first-order valence-electron chi connectivity index (χ1n) is 4.48. The second-order valence-corrected chi connectivity index (χ2v) is 3.83. The lowest BCUT2D eigenvalue weighted by Gasteiger charge is -2.10. The van der Waals surface area contributed by atoms with Crippen molar-refractivity contribution in [3.8, 4) is 5.75 Å². The van der Waals surface area contributed by atoms with Crippen LogP contribution in [-0.4, -0.2) is 19.7 Å². The Balaban J connectivity index is 2.64. The molecular formula is C10H11BrFNO3. The minimum atomic E-state index is -0.454. The Morgan fingerprint density at radius 3 is 2.81 bits per heavy atom. The Labute approximate surface area is 101 Å². The zero-order valence-corrected chi connectivity index (χ0v) is 10.2. The van der Waals surface area contributed by atoms with E-state index in [1.54, 1.807) is 0 Å². The SMILES string of the molecule is COC(=O)CCOc1c(N)cc(F)cc1Br. The van der Waals surface area contributed by atoms with Crippen molar-refractivity contribution in [3.63, 3.8) is 0 Å². The van der Waals surface area contributed by atoms with Gasteiger partial charge in [-0.3, -0.25) is 4.79 Å². The minimum Gasteiger partial charge on any atom is -0.490 e. The molecule has 0 heterocycles. The van der Waals surface area contributed by atoms with Crippen LogP contribution in [0, 0.1) is 5.82 Å². The number of hydrogen-bond donors (Lipinski definition) is 1. The van der Waals surface area contributed by atoms with E-state index >= 15 is 0 Å². The molecule has 0 radical (unpaired) electrons. The van der Waals surface area contributed by atoms with E-state index in [4.69, 9.17) is 10.5 Å². The van der Waals surface area contributed by atoms with E-state index in [9.17, 15) is 9.18 Å². The standard InChI is InChI=1S/C10H11BrFNO3/c1-15-9(14)2-3-16-10-7(11)4-6(12)5-8(10)13/h4-5H,2-3,13H2,1H3. The molecule has 0 bridgehead atoms. The number of carbonyl (C=O) groups is 1. The molecule has 2 N–H and O–H groups in total. The van der Waals surface area contributed by atoms with Crippen molar-refractivity contribution in [1.29, 1.82) is 0 Å². The first-order valence-corrected chi connectivity index (χ1v) is 5.28. The molecule has 88 valence electrons. The molecule has 1 aromatic carbocycles. The monoisotopic (exact) mass is 291 g/mol. The molecule has 4 nitrogen and oxygen atoms in total. The van der Waals surface area contributed by atoms with E-state index in [1.807, 2.05) is 0 Å². The zero-order valence-electron chi connectivity index (χ0n) is 8.63. The summed E-state index contributed by atoms with van der Waals surface area (Å²) in [4.78, 5) is 10.8. The zero-order chi connectivity index (χ0) is 12.1. The average molecular weight is 292 g/mol. The van der Waals surface area contributed by atoms with Crippen LogP contribution < -0.4 is 10.5 Å². The van der Waals surface area contributed by atoms with Crippen LogP contribution in [0.1, 0.15) is 6.42 Å². The predicted octanol–water partition coefficient (Wildman–Crippen LogP) is 2.11. The van der Waals surface area contributed by atoms with Gasteiger partial charge in [0.25, 0.3) is 0 Å². The molecule has 0 fully saturated rings. The largest absolute Gasteiger partial charge is 0.490 e. The van der Waals surface area contributed by atoms with Crippen molar-refractivity contribution in [2.75, 3.05) is 19.5 Å². The lowest BCUT2D eigenvalue weighted by molar-refractivity contribution is -0.141. The highest BCUT2D eigenvalue weighted by atomic mass is 79.9. The van der Waals surface area contributed by atoms with Gasteiger partial charge in [-0.15, -0.1) is 0 Å². The van der Waals surface area contributed by atoms with E-state index in [0.29, 0.717) is 10.2 Å². The third kappa shape index (κ3) is 3.37. The van der Waals surface area contributed by atoms with Gasteiger partial charge in [0.05, 0.1) is 30.3 Å². The lowest BCUT2D eigenvalue weighted by atomic mass is 10.3. The highest BCUT2D eigenvalue weighted by Crippen LogP contribution is 2.32. The summed E-state index contributed by atoms with van der Waals surface area (Å²) in [5.74, 6) is -0.508. The summed E-state index contributed by atoms with van der Waals surface area (Å²) in [6.45, 7) is 0.126. The van der Waals surface area contributed by atoms with Crippen molar-refractivity contribution in [2.45, 2.75) is 6.42 Å². The number of esters is 1. The second kappa shape index (κ2) is 5.69. The molecule has 0 aromatic heterocycles. The van der Waals surface area contributed by atoms with Crippen LogP contribution in [0.2, 0.25) is 0 Å². The van der Waals surface area contributed by atoms with Gasteiger partial charge in [-0.25, -0.2) is 4.39 Å². The van der Waals surface area contributed by atoms with Crippen LogP contribution in [-0.2, 0) is 9.53 Å². The Bertz CT molecular complexity index is 375. The molecule has 6 heteroatoms. The third-order valence-corrected chi connectivity index (χ3v) is 2.41. The van der Waals surface area contributed by atoms with Gasteiger partial charge >= 0.3 is 5.97 Å². The van der Waals surface area contributed by atoms with E-state index in [1.165, 1.54) is 13.2 Å². The molecule has 0 atom stereocenters. The highest BCUT2D eigenvalue weighted by Gasteiger charge is 2.09. The van der Waals surface area contributed by atoms with E-state index in [0.717, 1.165) is 6.07 Å². The predicted molar refractivity (Wildman–Crippen MR) is 60.6 cm³/mol. The van der Waals surface area contributed by atoms with Crippen LogP contribution in [0.4, 0.5) is 10.1 Å². The third-order valence-electron chi connectivity index (χ3n) is 1.82. The summed E-state index contributed by atoms with van der Waals surface area (Å²) in [5, 5.41) is 0. The highest BCUT2D eigenvalue weighted by molar-refractivity contribution is 9.10. The fraction of sp³-hybridized carbons (Fsp3) is 0.300. The first-order chi connectivity index (χ1) is 7.54. The maximum Gasteiger partial charge on any atom is 0.308 e. The van der Waals surface area contributed by atoms with Crippen molar-refractivity contribution < 1.29 is 18.7 Å². The smallest absolute Gasteiger partial charge is 0.308 e. The van der Waals surface area contributed by atoms with Gasteiger partial charge in [0.1, 0.15) is 5.82 Å². The van der Waals surface area contributed by atoms with Gasteiger partial charge in [-0.1, -0.05) is 0 Å². The summed E-state index contributed by atoms with van der Waals surface area (Å²) in [5.41, 5.74) is 5.74. The number of methoxy groups -OCH3 is 1.